The van der Waals surface area contributed by atoms with Crippen LogP contribution in [-0.2, 0) is 4.79 Å². The van der Waals surface area contributed by atoms with Crippen molar-refractivity contribution in [1.82, 2.24) is 15.2 Å². The van der Waals surface area contributed by atoms with Crippen LogP contribution in [0.1, 0.15) is 18.7 Å². The standard InChI is InChI=1S/C12H17N3O2/c1-9(10-4-2-3-5-13-10)15-7-6-14-11(8-15)12(16)17/h2-5,9,11,14H,6-8H2,1H3,(H,16,17)/t9-,11-/m1/s1. The molecule has 92 valence electrons. The number of carbonyl (C=O) groups is 1. The van der Waals surface area contributed by atoms with Gasteiger partial charge in [0.2, 0.25) is 0 Å². The van der Waals surface area contributed by atoms with Gasteiger partial charge in [-0.3, -0.25) is 14.7 Å². The first-order valence-electron chi connectivity index (χ1n) is 5.79. The molecule has 2 N–H and O–H groups in total. The van der Waals surface area contributed by atoms with Gasteiger partial charge in [-0.15, -0.1) is 0 Å². The largest absolute Gasteiger partial charge is 0.480 e. The van der Waals surface area contributed by atoms with Gasteiger partial charge in [0.05, 0.1) is 5.69 Å². The summed E-state index contributed by atoms with van der Waals surface area (Å²) in [6.45, 7) is 4.13. The summed E-state index contributed by atoms with van der Waals surface area (Å²) in [5.74, 6) is -0.789. The Labute approximate surface area is 100 Å². The Kier molecular flexibility index (Phi) is 3.71. The molecular weight excluding hydrogens is 218 g/mol. The molecule has 0 aromatic carbocycles. The van der Waals surface area contributed by atoms with E-state index in [4.69, 9.17) is 5.11 Å². The maximum atomic E-state index is 11.0. The maximum absolute atomic E-state index is 11.0. The first-order chi connectivity index (χ1) is 8.18. The molecule has 0 saturated carbocycles. The Bertz CT molecular complexity index is 383. The predicted molar refractivity (Wildman–Crippen MR) is 63.7 cm³/mol. The lowest BCUT2D eigenvalue weighted by Crippen LogP contribution is -2.54. The Morgan fingerprint density at radius 3 is 3.12 bits per heavy atom. The molecule has 1 aromatic rings. The summed E-state index contributed by atoms with van der Waals surface area (Å²) in [6, 6.07) is 5.49. The molecule has 0 spiro atoms. The fourth-order valence-electron chi connectivity index (χ4n) is 2.10. The molecule has 0 radical (unpaired) electrons. The quantitative estimate of drug-likeness (QED) is 0.798. The van der Waals surface area contributed by atoms with Crippen LogP contribution in [0.15, 0.2) is 24.4 Å². The van der Waals surface area contributed by atoms with Crippen LogP contribution < -0.4 is 5.32 Å². The SMILES string of the molecule is C[C@H](c1ccccn1)N1CCN[C@@H](C(=O)O)C1. The molecule has 0 amide bonds. The Hall–Kier alpha value is -1.46. The monoisotopic (exact) mass is 235 g/mol. The summed E-state index contributed by atoms with van der Waals surface area (Å²) >= 11 is 0. The van der Waals surface area contributed by atoms with Gasteiger partial charge in [0, 0.05) is 31.9 Å². The molecule has 1 fully saturated rings. The average Bonchev–Trinajstić information content (AvgIpc) is 2.39. The highest BCUT2D eigenvalue weighted by Gasteiger charge is 2.28. The fraction of sp³-hybridized carbons (Fsp3) is 0.500. The van der Waals surface area contributed by atoms with Crippen LogP contribution in [0.2, 0.25) is 0 Å². The van der Waals surface area contributed by atoms with Crippen LogP contribution in [0, 0.1) is 0 Å². The molecule has 5 heteroatoms. The molecule has 2 atom stereocenters. The third kappa shape index (κ3) is 2.81. The molecule has 0 unspecified atom stereocenters. The van der Waals surface area contributed by atoms with E-state index in [0.29, 0.717) is 13.1 Å². The van der Waals surface area contributed by atoms with Crippen molar-refractivity contribution in [2.75, 3.05) is 19.6 Å². The highest BCUT2D eigenvalue weighted by atomic mass is 16.4. The van der Waals surface area contributed by atoms with Gasteiger partial charge in [-0.05, 0) is 19.1 Å². The zero-order chi connectivity index (χ0) is 12.3. The summed E-state index contributed by atoms with van der Waals surface area (Å²) < 4.78 is 0. The van der Waals surface area contributed by atoms with Crippen molar-refractivity contribution in [2.24, 2.45) is 0 Å². The molecule has 0 bridgehead atoms. The predicted octanol–water partition coefficient (Wildman–Crippen LogP) is 0.501. The van der Waals surface area contributed by atoms with E-state index >= 15 is 0 Å². The van der Waals surface area contributed by atoms with Gasteiger partial charge in [0.25, 0.3) is 0 Å². The van der Waals surface area contributed by atoms with E-state index in [1.807, 2.05) is 18.2 Å². The summed E-state index contributed by atoms with van der Waals surface area (Å²) in [7, 11) is 0. The van der Waals surface area contributed by atoms with Gasteiger partial charge in [0.1, 0.15) is 6.04 Å². The third-order valence-electron chi connectivity index (χ3n) is 3.17. The normalized spacial score (nSPS) is 23.2. The molecule has 1 aliphatic rings. The van der Waals surface area contributed by atoms with Crippen molar-refractivity contribution in [3.63, 3.8) is 0 Å². The molecule has 17 heavy (non-hydrogen) atoms. The van der Waals surface area contributed by atoms with Crippen molar-refractivity contribution in [2.45, 2.75) is 19.0 Å². The highest BCUT2D eigenvalue weighted by Crippen LogP contribution is 2.19. The lowest BCUT2D eigenvalue weighted by molar-refractivity contribution is -0.140. The van der Waals surface area contributed by atoms with Crippen molar-refractivity contribution < 1.29 is 9.90 Å². The first kappa shape index (κ1) is 12.0. The van der Waals surface area contributed by atoms with Crippen LogP contribution in [-0.4, -0.2) is 46.6 Å². The Morgan fingerprint density at radius 1 is 1.65 bits per heavy atom. The zero-order valence-electron chi connectivity index (χ0n) is 9.84. The van der Waals surface area contributed by atoms with E-state index in [1.54, 1.807) is 6.20 Å². The van der Waals surface area contributed by atoms with Gasteiger partial charge in [0.15, 0.2) is 0 Å². The lowest BCUT2D eigenvalue weighted by atomic mass is 10.1. The summed E-state index contributed by atoms with van der Waals surface area (Å²) in [5, 5.41) is 12.0. The summed E-state index contributed by atoms with van der Waals surface area (Å²) in [6.07, 6.45) is 1.77. The summed E-state index contributed by atoms with van der Waals surface area (Å²) in [4.78, 5) is 17.4. The van der Waals surface area contributed by atoms with Gasteiger partial charge in [-0.1, -0.05) is 6.07 Å². The number of carboxylic acids is 1. The number of nitrogens with one attached hydrogen (secondary N) is 1. The number of piperazine rings is 1. The van der Waals surface area contributed by atoms with E-state index in [2.05, 4.69) is 22.1 Å². The van der Waals surface area contributed by atoms with Crippen LogP contribution in [0.25, 0.3) is 0 Å². The maximum Gasteiger partial charge on any atom is 0.322 e. The van der Waals surface area contributed by atoms with E-state index in [-0.39, 0.29) is 6.04 Å². The molecule has 1 aromatic heterocycles. The van der Waals surface area contributed by atoms with Crippen LogP contribution in [0.3, 0.4) is 0 Å². The van der Waals surface area contributed by atoms with E-state index in [1.165, 1.54) is 0 Å². The number of aliphatic carboxylic acids is 1. The zero-order valence-corrected chi connectivity index (χ0v) is 9.84. The molecule has 5 nitrogen and oxygen atoms in total. The number of aromatic nitrogens is 1. The van der Waals surface area contributed by atoms with E-state index in [9.17, 15) is 4.79 Å². The van der Waals surface area contributed by atoms with Crippen molar-refractivity contribution in [3.05, 3.63) is 30.1 Å². The van der Waals surface area contributed by atoms with Gasteiger partial charge in [-0.2, -0.15) is 0 Å². The van der Waals surface area contributed by atoms with E-state index < -0.39 is 12.0 Å². The molecule has 2 heterocycles. The van der Waals surface area contributed by atoms with Gasteiger partial charge < -0.3 is 10.4 Å². The van der Waals surface area contributed by atoms with Crippen LogP contribution in [0.4, 0.5) is 0 Å². The van der Waals surface area contributed by atoms with E-state index in [0.717, 1.165) is 12.2 Å². The second-order valence-electron chi connectivity index (χ2n) is 4.27. The fourth-order valence-corrected chi connectivity index (χ4v) is 2.10. The Balaban J connectivity index is 2.05. The number of hydrogen-bond acceptors (Lipinski definition) is 4. The number of carboxylic acid groups (broad SMARTS) is 1. The smallest absolute Gasteiger partial charge is 0.322 e. The molecular formula is C12H17N3O2. The molecule has 1 saturated heterocycles. The highest BCUT2D eigenvalue weighted by molar-refractivity contribution is 5.73. The van der Waals surface area contributed by atoms with Crippen LogP contribution >= 0.6 is 0 Å². The summed E-state index contributed by atoms with van der Waals surface area (Å²) in [5.41, 5.74) is 0.985. The first-order valence-corrected chi connectivity index (χ1v) is 5.79. The van der Waals surface area contributed by atoms with Crippen LogP contribution in [0.5, 0.6) is 0 Å². The van der Waals surface area contributed by atoms with Crippen molar-refractivity contribution in [1.29, 1.82) is 0 Å². The molecule has 1 aliphatic heterocycles. The van der Waals surface area contributed by atoms with Crippen molar-refractivity contribution >= 4 is 5.97 Å². The lowest BCUT2D eigenvalue weighted by Gasteiger charge is -2.35. The topological polar surface area (TPSA) is 65.5 Å². The minimum Gasteiger partial charge on any atom is -0.480 e. The van der Waals surface area contributed by atoms with Crippen molar-refractivity contribution in [3.8, 4) is 0 Å². The third-order valence-corrected chi connectivity index (χ3v) is 3.17. The average molecular weight is 235 g/mol. The minimum atomic E-state index is -0.789. The number of rotatable bonds is 3. The molecule has 2 rings (SSSR count). The molecule has 0 aliphatic carbocycles. The second-order valence-corrected chi connectivity index (χ2v) is 4.27. The Morgan fingerprint density at radius 2 is 2.47 bits per heavy atom. The van der Waals surface area contributed by atoms with Gasteiger partial charge in [-0.25, -0.2) is 0 Å². The number of nitrogens with zero attached hydrogens (tertiary/aromatic N) is 2. The minimum absolute atomic E-state index is 0.153. The number of pyridine rings is 1. The number of hydrogen-bond donors (Lipinski definition) is 2. The van der Waals surface area contributed by atoms with Gasteiger partial charge >= 0.3 is 5.97 Å². The second kappa shape index (κ2) is 5.25.